The molecular formula is C26H37N3O4S. The number of amides is 2. The van der Waals surface area contributed by atoms with Crippen LogP contribution in [0.25, 0.3) is 0 Å². The quantitative estimate of drug-likeness (QED) is 0.593. The van der Waals surface area contributed by atoms with Gasteiger partial charge in [-0.05, 0) is 87.5 Å². The van der Waals surface area contributed by atoms with Gasteiger partial charge in [0.05, 0.1) is 4.90 Å². The number of piperidine rings is 1. The molecule has 1 aromatic rings. The Kier molecular flexibility index (Phi) is 8.09. The zero-order valence-electron chi connectivity index (χ0n) is 20.2. The fourth-order valence-corrected chi connectivity index (χ4v) is 6.65. The molecular weight excluding hydrogens is 450 g/mol. The fourth-order valence-electron chi connectivity index (χ4n) is 5.13. The second-order valence-electron chi connectivity index (χ2n) is 9.92. The van der Waals surface area contributed by atoms with Gasteiger partial charge in [-0.1, -0.05) is 18.6 Å². The van der Waals surface area contributed by atoms with Gasteiger partial charge >= 0.3 is 0 Å². The van der Waals surface area contributed by atoms with Crippen molar-refractivity contribution in [3.8, 4) is 0 Å². The van der Waals surface area contributed by atoms with Crippen molar-refractivity contribution in [2.45, 2.75) is 76.0 Å². The summed E-state index contributed by atoms with van der Waals surface area (Å²) < 4.78 is 28.0. The number of carbonyl (C=O) groups is 2. The summed E-state index contributed by atoms with van der Waals surface area (Å²) in [5.41, 5.74) is 2.87. The molecule has 8 heteroatoms. The van der Waals surface area contributed by atoms with E-state index in [1.165, 1.54) is 23.3 Å². The molecule has 0 bridgehead atoms. The van der Waals surface area contributed by atoms with Gasteiger partial charge in [0, 0.05) is 31.7 Å². The third-order valence-electron chi connectivity index (χ3n) is 7.31. The minimum absolute atomic E-state index is 0.0407. The molecule has 0 spiro atoms. The number of hydrogen-bond donors (Lipinski definition) is 1. The van der Waals surface area contributed by atoms with Crippen LogP contribution in [0.15, 0.2) is 34.7 Å². The third kappa shape index (κ3) is 5.89. The number of nitrogens with one attached hydrogen (secondary N) is 1. The smallest absolute Gasteiger partial charge is 0.243 e. The van der Waals surface area contributed by atoms with Crippen LogP contribution in [0.4, 0.5) is 5.69 Å². The number of aryl methyl sites for hydroxylation is 1. The highest BCUT2D eigenvalue weighted by atomic mass is 32.2. The Morgan fingerprint density at radius 2 is 1.88 bits per heavy atom. The normalized spacial score (nSPS) is 20.4. The van der Waals surface area contributed by atoms with Crippen LogP contribution >= 0.6 is 0 Å². The second-order valence-corrected chi connectivity index (χ2v) is 11.9. The number of carbonyl (C=O) groups excluding carboxylic acids is 2. The maximum Gasteiger partial charge on any atom is 0.243 e. The molecule has 2 aliphatic heterocycles. The van der Waals surface area contributed by atoms with Gasteiger partial charge in [-0.3, -0.25) is 9.59 Å². The number of rotatable bonds is 7. The van der Waals surface area contributed by atoms with Gasteiger partial charge in [-0.25, -0.2) is 8.42 Å². The summed E-state index contributed by atoms with van der Waals surface area (Å²) in [5.74, 6) is 0.268. The van der Waals surface area contributed by atoms with E-state index in [9.17, 15) is 18.0 Å². The lowest BCUT2D eigenvalue weighted by molar-refractivity contribution is -0.123. The van der Waals surface area contributed by atoms with Crippen molar-refractivity contribution in [1.29, 1.82) is 0 Å². The SMILES string of the molecule is CC1CCN(S(=O)(=O)c2ccc3c(c2)CCCC(=O)N3CC(=O)NCCC2=CCCCC2)CC1. The predicted octanol–water partition coefficient (Wildman–Crippen LogP) is 3.78. The molecule has 0 aromatic heterocycles. The lowest BCUT2D eigenvalue weighted by atomic mass is 9.97. The first-order valence-corrected chi connectivity index (χ1v) is 14.2. The third-order valence-corrected chi connectivity index (χ3v) is 9.21. The zero-order valence-corrected chi connectivity index (χ0v) is 21.0. The highest BCUT2D eigenvalue weighted by Gasteiger charge is 2.30. The molecule has 1 aromatic carbocycles. The first-order chi connectivity index (χ1) is 16.3. The zero-order chi connectivity index (χ0) is 24.1. The minimum atomic E-state index is -3.56. The first-order valence-electron chi connectivity index (χ1n) is 12.7. The molecule has 0 radical (unpaired) electrons. The summed E-state index contributed by atoms with van der Waals surface area (Å²) in [6.07, 6.45) is 11.2. The number of allylic oxidation sites excluding steroid dienone is 1. The van der Waals surface area contributed by atoms with E-state index in [1.54, 1.807) is 22.5 Å². The maximum atomic E-state index is 13.2. The van der Waals surface area contributed by atoms with E-state index in [2.05, 4.69) is 18.3 Å². The average Bonchev–Trinajstić information content (AvgIpc) is 2.98. The van der Waals surface area contributed by atoms with E-state index in [0.29, 0.717) is 50.5 Å². The van der Waals surface area contributed by atoms with Crippen LogP contribution < -0.4 is 10.2 Å². The van der Waals surface area contributed by atoms with E-state index in [-0.39, 0.29) is 23.3 Å². The predicted molar refractivity (Wildman–Crippen MR) is 133 cm³/mol. The van der Waals surface area contributed by atoms with Gasteiger partial charge in [0.2, 0.25) is 21.8 Å². The van der Waals surface area contributed by atoms with Crippen molar-refractivity contribution in [2.24, 2.45) is 5.92 Å². The Hall–Kier alpha value is -2.19. The molecule has 0 atom stereocenters. The number of anilines is 1. The lowest BCUT2D eigenvalue weighted by Crippen LogP contribution is -2.41. The van der Waals surface area contributed by atoms with Gasteiger partial charge in [0.1, 0.15) is 6.54 Å². The van der Waals surface area contributed by atoms with E-state index in [4.69, 9.17) is 0 Å². The molecule has 1 aliphatic carbocycles. The largest absolute Gasteiger partial charge is 0.354 e. The van der Waals surface area contributed by atoms with Crippen molar-refractivity contribution >= 4 is 27.5 Å². The Balaban J connectivity index is 1.45. The van der Waals surface area contributed by atoms with Crippen LogP contribution in [0.3, 0.4) is 0 Å². The molecule has 2 amide bonds. The van der Waals surface area contributed by atoms with Gasteiger partial charge in [0.25, 0.3) is 0 Å². The van der Waals surface area contributed by atoms with Crippen molar-refractivity contribution in [2.75, 3.05) is 31.1 Å². The van der Waals surface area contributed by atoms with Crippen molar-refractivity contribution in [3.63, 3.8) is 0 Å². The van der Waals surface area contributed by atoms with Gasteiger partial charge in [-0.15, -0.1) is 0 Å². The summed E-state index contributed by atoms with van der Waals surface area (Å²) in [6.45, 7) is 3.78. The monoisotopic (exact) mass is 487 g/mol. The molecule has 2 heterocycles. The van der Waals surface area contributed by atoms with Crippen LogP contribution in [-0.4, -0.2) is 50.7 Å². The molecule has 0 unspecified atom stereocenters. The highest BCUT2D eigenvalue weighted by molar-refractivity contribution is 7.89. The number of nitrogens with zero attached hydrogens (tertiary/aromatic N) is 2. The summed E-state index contributed by atoms with van der Waals surface area (Å²) in [5, 5.41) is 2.95. The summed E-state index contributed by atoms with van der Waals surface area (Å²) in [4.78, 5) is 27.3. The number of hydrogen-bond acceptors (Lipinski definition) is 4. The Labute approximate surface area is 203 Å². The standard InChI is InChI=1S/C26H37N3O4S/c1-20-13-16-28(17-14-20)34(32,33)23-10-11-24-22(18-23)8-5-9-26(31)29(24)19-25(30)27-15-12-21-6-3-2-4-7-21/h6,10-11,18,20H,2-5,7-9,12-17,19H2,1H3,(H,27,30). The molecule has 1 fully saturated rings. The molecule has 186 valence electrons. The van der Waals surface area contributed by atoms with Crippen LogP contribution in [0.2, 0.25) is 0 Å². The van der Waals surface area contributed by atoms with E-state index in [0.717, 1.165) is 37.7 Å². The summed E-state index contributed by atoms with van der Waals surface area (Å²) in [7, 11) is -3.56. The van der Waals surface area contributed by atoms with Crippen molar-refractivity contribution in [3.05, 3.63) is 35.4 Å². The topological polar surface area (TPSA) is 86.8 Å². The number of fused-ring (bicyclic) bond motifs is 1. The molecule has 4 rings (SSSR count). The Morgan fingerprint density at radius 3 is 2.62 bits per heavy atom. The number of sulfonamides is 1. The van der Waals surface area contributed by atoms with E-state index < -0.39 is 10.0 Å². The number of benzene rings is 1. The molecule has 7 nitrogen and oxygen atoms in total. The van der Waals surface area contributed by atoms with Gasteiger partial charge in [0.15, 0.2) is 0 Å². The molecule has 3 aliphatic rings. The van der Waals surface area contributed by atoms with Crippen LogP contribution in [0.1, 0.15) is 70.3 Å². The molecule has 1 N–H and O–H groups in total. The maximum absolute atomic E-state index is 13.2. The van der Waals surface area contributed by atoms with E-state index >= 15 is 0 Å². The van der Waals surface area contributed by atoms with Crippen LogP contribution in [0, 0.1) is 5.92 Å². The van der Waals surface area contributed by atoms with Gasteiger partial charge in [-0.2, -0.15) is 4.31 Å². The average molecular weight is 488 g/mol. The minimum Gasteiger partial charge on any atom is -0.354 e. The van der Waals surface area contributed by atoms with Crippen LogP contribution in [-0.2, 0) is 26.0 Å². The Bertz CT molecular complexity index is 1040. The van der Waals surface area contributed by atoms with Crippen molar-refractivity contribution in [1.82, 2.24) is 9.62 Å². The Morgan fingerprint density at radius 1 is 1.09 bits per heavy atom. The van der Waals surface area contributed by atoms with Gasteiger partial charge < -0.3 is 10.2 Å². The van der Waals surface area contributed by atoms with E-state index in [1.807, 2.05) is 0 Å². The highest BCUT2D eigenvalue weighted by Crippen LogP contribution is 2.31. The molecule has 1 saturated heterocycles. The van der Waals surface area contributed by atoms with Crippen molar-refractivity contribution < 1.29 is 18.0 Å². The second kappa shape index (κ2) is 11.0. The fraction of sp³-hybridized carbons (Fsp3) is 0.615. The first kappa shape index (κ1) is 24.9. The molecule has 0 saturated carbocycles. The summed E-state index contributed by atoms with van der Waals surface area (Å²) in [6, 6.07) is 5.01. The lowest BCUT2D eigenvalue weighted by Gasteiger charge is -2.30. The summed E-state index contributed by atoms with van der Waals surface area (Å²) >= 11 is 0. The van der Waals surface area contributed by atoms with Crippen LogP contribution in [0.5, 0.6) is 0 Å². The molecule has 34 heavy (non-hydrogen) atoms.